The van der Waals surface area contributed by atoms with E-state index in [1.165, 1.54) is 0 Å². The molecule has 1 atom stereocenters. The molecule has 0 aromatic heterocycles. The molecule has 1 aliphatic carbocycles. The Bertz CT molecular complexity index is 313. The molecule has 0 heterocycles. The highest BCUT2D eigenvalue weighted by Crippen LogP contribution is 2.33. The summed E-state index contributed by atoms with van der Waals surface area (Å²) in [7, 11) is 0. The normalized spacial score (nSPS) is 23.5. The highest BCUT2D eigenvalue weighted by molar-refractivity contribution is 5.78. The van der Waals surface area contributed by atoms with Crippen LogP contribution in [0.2, 0.25) is 0 Å². The van der Waals surface area contributed by atoms with Crippen molar-refractivity contribution in [3.8, 4) is 0 Å². The second-order valence-electron chi connectivity index (χ2n) is 5.25. The molecule has 1 rings (SSSR count). The van der Waals surface area contributed by atoms with Crippen LogP contribution in [0.15, 0.2) is 0 Å². The van der Waals surface area contributed by atoms with E-state index in [2.05, 4.69) is 0 Å². The van der Waals surface area contributed by atoms with Gasteiger partial charge in [0.2, 0.25) is 5.91 Å². The number of carboxylic acid groups (broad SMARTS) is 1. The Balaban J connectivity index is 2.36. The molecule has 0 aromatic carbocycles. The number of carboxylic acids is 1. The third-order valence-corrected chi connectivity index (χ3v) is 3.72. The van der Waals surface area contributed by atoms with Crippen LogP contribution in [0.5, 0.6) is 0 Å². The van der Waals surface area contributed by atoms with Crippen molar-refractivity contribution in [1.82, 2.24) is 4.90 Å². The maximum Gasteiger partial charge on any atom is 0.305 e. The fourth-order valence-electron chi connectivity index (χ4n) is 2.67. The third-order valence-electron chi connectivity index (χ3n) is 3.72. The molecule has 0 radical (unpaired) electrons. The number of hydrogen-bond acceptors (Lipinski definition) is 3. The average Bonchev–Trinajstić information content (AvgIpc) is 2.26. The number of hydrogen-bond donors (Lipinski definition) is 1. The summed E-state index contributed by atoms with van der Waals surface area (Å²) >= 11 is 0. The Kier molecular flexibility index (Phi) is 6.28. The predicted molar refractivity (Wildman–Crippen MR) is 71.9 cm³/mol. The van der Waals surface area contributed by atoms with E-state index in [1.807, 2.05) is 13.8 Å². The number of nitrogens with zero attached hydrogens (tertiary/aromatic N) is 1. The van der Waals surface area contributed by atoms with Gasteiger partial charge in [0.1, 0.15) is 0 Å². The molecule has 0 bridgehead atoms. The van der Waals surface area contributed by atoms with Crippen molar-refractivity contribution in [2.45, 2.75) is 58.6 Å². The van der Waals surface area contributed by atoms with E-state index in [0.717, 1.165) is 19.4 Å². The van der Waals surface area contributed by atoms with E-state index in [0.29, 0.717) is 25.0 Å². The summed E-state index contributed by atoms with van der Waals surface area (Å²) in [6.45, 7) is 6.95. The molecule has 5 heteroatoms. The van der Waals surface area contributed by atoms with Crippen molar-refractivity contribution < 1.29 is 19.4 Å². The van der Waals surface area contributed by atoms with E-state index >= 15 is 0 Å². The summed E-state index contributed by atoms with van der Waals surface area (Å²) in [4.78, 5) is 24.5. The first-order chi connectivity index (χ1) is 8.97. The molecule has 0 spiro atoms. The monoisotopic (exact) mass is 271 g/mol. The molecule has 1 unspecified atom stereocenters. The summed E-state index contributed by atoms with van der Waals surface area (Å²) < 4.78 is 5.47. The lowest BCUT2D eigenvalue weighted by Crippen LogP contribution is -2.42. The number of carbonyl (C=O) groups is 2. The van der Waals surface area contributed by atoms with Crippen molar-refractivity contribution in [1.29, 1.82) is 0 Å². The second kappa shape index (κ2) is 7.48. The van der Waals surface area contributed by atoms with Gasteiger partial charge in [0, 0.05) is 25.6 Å². The van der Waals surface area contributed by atoms with E-state index < -0.39 is 5.97 Å². The van der Waals surface area contributed by atoms with Gasteiger partial charge in [-0.1, -0.05) is 0 Å². The Morgan fingerprint density at radius 2 is 2.00 bits per heavy atom. The van der Waals surface area contributed by atoms with Crippen LogP contribution in [0.1, 0.15) is 46.5 Å². The summed E-state index contributed by atoms with van der Waals surface area (Å²) in [6.07, 6.45) is 2.73. The van der Waals surface area contributed by atoms with E-state index in [4.69, 9.17) is 9.84 Å². The standard InChI is InChI=1S/C14H25NO4/c1-4-15(10(3)6-14(17)18)13(16)9-11-7-12(8-11)19-5-2/h10-12H,4-9H2,1-3H3,(H,17,18). The molecule has 1 saturated carbocycles. The van der Waals surface area contributed by atoms with E-state index in [9.17, 15) is 9.59 Å². The van der Waals surface area contributed by atoms with Crippen LogP contribution in [0, 0.1) is 5.92 Å². The van der Waals surface area contributed by atoms with Gasteiger partial charge in [-0.25, -0.2) is 0 Å². The van der Waals surface area contributed by atoms with Crippen LogP contribution in [-0.4, -0.2) is 47.2 Å². The Hall–Kier alpha value is -1.10. The van der Waals surface area contributed by atoms with Gasteiger partial charge in [0.25, 0.3) is 0 Å². The summed E-state index contributed by atoms with van der Waals surface area (Å²) in [5, 5.41) is 8.79. The zero-order chi connectivity index (χ0) is 14.4. The number of aliphatic carboxylic acids is 1. The second-order valence-corrected chi connectivity index (χ2v) is 5.25. The minimum Gasteiger partial charge on any atom is -0.481 e. The molecule has 0 aromatic rings. The Morgan fingerprint density at radius 3 is 2.47 bits per heavy atom. The molecule has 5 nitrogen and oxygen atoms in total. The first-order valence-corrected chi connectivity index (χ1v) is 7.10. The van der Waals surface area contributed by atoms with Crippen LogP contribution in [0.25, 0.3) is 0 Å². The lowest BCUT2D eigenvalue weighted by Gasteiger charge is -2.36. The Morgan fingerprint density at radius 1 is 1.37 bits per heavy atom. The SMILES string of the molecule is CCOC1CC(CC(=O)N(CC)C(C)CC(=O)O)C1. The van der Waals surface area contributed by atoms with Gasteiger partial charge in [-0.2, -0.15) is 0 Å². The number of ether oxygens (including phenoxy) is 1. The number of carbonyl (C=O) groups excluding carboxylic acids is 1. The van der Waals surface area contributed by atoms with Crippen molar-refractivity contribution in [3.63, 3.8) is 0 Å². The largest absolute Gasteiger partial charge is 0.481 e. The average molecular weight is 271 g/mol. The summed E-state index contributed by atoms with van der Waals surface area (Å²) in [6, 6.07) is -0.238. The first kappa shape index (κ1) is 16.0. The molecule has 0 saturated heterocycles. The van der Waals surface area contributed by atoms with Gasteiger partial charge in [0.05, 0.1) is 12.5 Å². The van der Waals surface area contributed by atoms with Crippen molar-refractivity contribution in [2.24, 2.45) is 5.92 Å². The molecule has 19 heavy (non-hydrogen) atoms. The topological polar surface area (TPSA) is 66.8 Å². The molecule has 110 valence electrons. The molecule has 1 fully saturated rings. The fraction of sp³-hybridized carbons (Fsp3) is 0.857. The van der Waals surface area contributed by atoms with Crippen LogP contribution >= 0.6 is 0 Å². The van der Waals surface area contributed by atoms with Gasteiger partial charge in [-0.05, 0) is 39.5 Å². The predicted octanol–water partition coefficient (Wildman–Crippen LogP) is 1.90. The minimum absolute atomic E-state index is 0.00577. The van der Waals surface area contributed by atoms with Crippen LogP contribution in [0.4, 0.5) is 0 Å². The minimum atomic E-state index is -0.862. The van der Waals surface area contributed by atoms with E-state index in [-0.39, 0.29) is 18.4 Å². The van der Waals surface area contributed by atoms with Gasteiger partial charge < -0.3 is 14.7 Å². The smallest absolute Gasteiger partial charge is 0.305 e. The van der Waals surface area contributed by atoms with Crippen LogP contribution in [0.3, 0.4) is 0 Å². The number of rotatable bonds is 8. The third kappa shape index (κ3) is 4.82. The molecule has 0 aliphatic heterocycles. The van der Waals surface area contributed by atoms with Gasteiger partial charge in [-0.15, -0.1) is 0 Å². The molecule has 1 amide bonds. The summed E-state index contributed by atoms with van der Waals surface area (Å²) in [5.41, 5.74) is 0. The molecular weight excluding hydrogens is 246 g/mol. The summed E-state index contributed by atoms with van der Waals surface area (Å²) in [5.74, 6) is -0.398. The van der Waals surface area contributed by atoms with E-state index in [1.54, 1.807) is 11.8 Å². The highest BCUT2D eigenvalue weighted by atomic mass is 16.5. The zero-order valence-corrected chi connectivity index (χ0v) is 12.1. The first-order valence-electron chi connectivity index (χ1n) is 7.10. The van der Waals surface area contributed by atoms with Gasteiger partial charge in [-0.3, -0.25) is 9.59 Å². The lowest BCUT2D eigenvalue weighted by molar-refractivity contribution is -0.141. The zero-order valence-electron chi connectivity index (χ0n) is 12.1. The van der Waals surface area contributed by atoms with Gasteiger partial charge in [0.15, 0.2) is 0 Å². The molecular formula is C14H25NO4. The van der Waals surface area contributed by atoms with Gasteiger partial charge >= 0.3 is 5.97 Å². The van der Waals surface area contributed by atoms with Crippen molar-refractivity contribution in [3.05, 3.63) is 0 Å². The fourth-order valence-corrected chi connectivity index (χ4v) is 2.67. The van der Waals surface area contributed by atoms with Crippen molar-refractivity contribution >= 4 is 11.9 Å². The van der Waals surface area contributed by atoms with Crippen LogP contribution in [-0.2, 0) is 14.3 Å². The quantitative estimate of drug-likeness (QED) is 0.732. The highest BCUT2D eigenvalue weighted by Gasteiger charge is 2.33. The maximum absolute atomic E-state index is 12.2. The van der Waals surface area contributed by atoms with Crippen molar-refractivity contribution in [2.75, 3.05) is 13.2 Å². The Labute approximate surface area is 114 Å². The van der Waals surface area contributed by atoms with Crippen LogP contribution < -0.4 is 0 Å². The molecule has 1 aliphatic rings. The number of amides is 1. The maximum atomic E-state index is 12.2. The lowest BCUT2D eigenvalue weighted by atomic mass is 9.79. The molecule has 1 N–H and O–H groups in total.